The van der Waals surface area contributed by atoms with Crippen molar-refractivity contribution in [3.05, 3.63) is 70.3 Å². The molecule has 0 N–H and O–H groups in total. The lowest BCUT2D eigenvalue weighted by atomic mass is 10.1. The second-order valence-electron chi connectivity index (χ2n) is 5.19. The molecule has 1 aliphatic heterocycles. The average Bonchev–Trinajstić information content (AvgIpc) is 3.11. The molecule has 0 atom stereocenters. The molecule has 1 heterocycles. The largest absolute Gasteiger partial charge is 0.477 e. The van der Waals surface area contributed by atoms with Gasteiger partial charge < -0.3 is 4.74 Å². The summed E-state index contributed by atoms with van der Waals surface area (Å²) in [6.07, 6.45) is 0.668. The summed E-state index contributed by atoms with van der Waals surface area (Å²) < 4.78 is 5.31. The van der Waals surface area contributed by atoms with Crippen molar-refractivity contribution in [3.63, 3.8) is 0 Å². The standard InChI is InChI=1S/C17H15N3O4/c21-17(12-24-16-9-5-4-8-15(16)20(22)23)19-11-10-14(18-19)13-6-2-1-3-7-13/h1-9H,10-12H2. The molecule has 2 aromatic rings. The summed E-state index contributed by atoms with van der Waals surface area (Å²) >= 11 is 0. The Kier molecular flexibility index (Phi) is 4.51. The number of amides is 1. The van der Waals surface area contributed by atoms with Crippen molar-refractivity contribution in [2.24, 2.45) is 5.10 Å². The normalized spacial score (nSPS) is 13.5. The van der Waals surface area contributed by atoms with Crippen molar-refractivity contribution >= 4 is 17.3 Å². The SMILES string of the molecule is O=C(COc1ccccc1[N+](=O)[O-])N1CCC(c2ccccc2)=N1. The minimum Gasteiger partial charge on any atom is -0.477 e. The van der Waals surface area contributed by atoms with E-state index in [1.165, 1.54) is 17.1 Å². The Morgan fingerprint density at radius 2 is 1.88 bits per heavy atom. The van der Waals surface area contributed by atoms with Crippen LogP contribution in [0.2, 0.25) is 0 Å². The number of hydrogen-bond donors (Lipinski definition) is 0. The van der Waals surface area contributed by atoms with Crippen LogP contribution in [-0.4, -0.2) is 34.7 Å². The van der Waals surface area contributed by atoms with Crippen LogP contribution in [0.4, 0.5) is 5.69 Å². The predicted molar refractivity (Wildman–Crippen MR) is 87.9 cm³/mol. The van der Waals surface area contributed by atoms with Crippen LogP contribution in [0, 0.1) is 10.1 Å². The van der Waals surface area contributed by atoms with Crippen LogP contribution in [-0.2, 0) is 4.79 Å². The first kappa shape index (κ1) is 15.7. The third-order valence-electron chi connectivity index (χ3n) is 3.61. The smallest absolute Gasteiger partial charge is 0.310 e. The third-order valence-corrected chi connectivity index (χ3v) is 3.61. The van der Waals surface area contributed by atoms with E-state index in [1.54, 1.807) is 12.1 Å². The fourth-order valence-corrected chi connectivity index (χ4v) is 2.41. The summed E-state index contributed by atoms with van der Waals surface area (Å²) in [6, 6.07) is 15.6. The van der Waals surface area contributed by atoms with E-state index in [4.69, 9.17) is 4.74 Å². The molecule has 7 nitrogen and oxygen atoms in total. The molecule has 0 unspecified atom stereocenters. The second-order valence-corrected chi connectivity index (χ2v) is 5.19. The summed E-state index contributed by atoms with van der Waals surface area (Å²) in [5, 5.41) is 16.6. The highest BCUT2D eigenvalue weighted by molar-refractivity contribution is 6.02. The van der Waals surface area contributed by atoms with Crippen LogP contribution in [0.1, 0.15) is 12.0 Å². The van der Waals surface area contributed by atoms with Gasteiger partial charge in [-0.3, -0.25) is 14.9 Å². The predicted octanol–water partition coefficient (Wildman–Crippen LogP) is 2.61. The molecule has 0 saturated carbocycles. The van der Waals surface area contributed by atoms with Gasteiger partial charge in [0.25, 0.3) is 5.91 Å². The fourth-order valence-electron chi connectivity index (χ4n) is 2.41. The van der Waals surface area contributed by atoms with Crippen LogP contribution >= 0.6 is 0 Å². The summed E-state index contributed by atoms with van der Waals surface area (Å²) in [6.45, 7) is 0.180. The van der Waals surface area contributed by atoms with Crippen LogP contribution in [0.25, 0.3) is 0 Å². The number of hydrazone groups is 1. The second kappa shape index (κ2) is 6.91. The number of nitro groups is 1. The summed E-state index contributed by atoms with van der Waals surface area (Å²) in [5.41, 5.74) is 1.65. The Hall–Kier alpha value is -3.22. The van der Waals surface area contributed by atoms with E-state index in [-0.39, 0.29) is 24.0 Å². The number of hydrogen-bond acceptors (Lipinski definition) is 5. The van der Waals surface area contributed by atoms with Crippen molar-refractivity contribution < 1.29 is 14.5 Å². The van der Waals surface area contributed by atoms with Gasteiger partial charge in [-0.1, -0.05) is 42.5 Å². The van der Waals surface area contributed by atoms with Crippen molar-refractivity contribution in [3.8, 4) is 5.75 Å². The molecule has 1 aliphatic rings. The molecule has 122 valence electrons. The van der Waals surface area contributed by atoms with Crippen LogP contribution in [0.3, 0.4) is 0 Å². The van der Waals surface area contributed by atoms with E-state index in [0.717, 1.165) is 11.3 Å². The van der Waals surface area contributed by atoms with Crippen LogP contribution in [0.5, 0.6) is 5.75 Å². The zero-order valence-corrected chi connectivity index (χ0v) is 12.8. The molecule has 1 amide bonds. The van der Waals surface area contributed by atoms with Gasteiger partial charge >= 0.3 is 5.69 Å². The van der Waals surface area contributed by atoms with E-state index < -0.39 is 4.92 Å². The van der Waals surface area contributed by atoms with Gasteiger partial charge in [-0.25, -0.2) is 5.01 Å². The van der Waals surface area contributed by atoms with Gasteiger partial charge in [0.1, 0.15) is 0 Å². The van der Waals surface area contributed by atoms with E-state index in [1.807, 2.05) is 30.3 Å². The lowest BCUT2D eigenvalue weighted by Gasteiger charge is -2.12. The van der Waals surface area contributed by atoms with E-state index in [9.17, 15) is 14.9 Å². The zero-order chi connectivity index (χ0) is 16.9. The molecule has 0 bridgehead atoms. The third kappa shape index (κ3) is 3.40. The molecule has 0 saturated heterocycles. The fraction of sp³-hybridized carbons (Fsp3) is 0.176. The highest BCUT2D eigenvalue weighted by atomic mass is 16.6. The lowest BCUT2D eigenvalue weighted by Crippen LogP contribution is -2.28. The van der Waals surface area contributed by atoms with Crippen molar-refractivity contribution in [1.82, 2.24) is 5.01 Å². The van der Waals surface area contributed by atoms with Crippen molar-refractivity contribution in [1.29, 1.82) is 0 Å². The molecule has 0 radical (unpaired) electrons. The minimum atomic E-state index is -0.540. The molecule has 3 rings (SSSR count). The Labute approximate surface area is 138 Å². The Morgan fingerprint density at radius 3 is 2.62 bits per heavy atom. The number of nitro benzene ring substituents is 1. The maximum absolute atomic E-state index is 12.2. The number of carbonyl (C=O) groups excluding carboxylic acids is 1. The summed E-state index contributed by atoms with van der Waals surface area (Å²) in [4.78, 5) is 22.6. The minimum absolute atomic E-state index is 0.0716. The zero-order valence-electron chi connectivity index (χ0n) is 12.8. The Balaban J connectivity index is 1.65. The number of rotatable bonds is 5. The van der Waals surface area contributed by atoms with Gasteiger partial charge in [0, 0.05) is 12.5 Å². The number of para-hydroxylation sites is 2. The van der Waals surface area contributed by atoms with E-state index in [0.29, 0.717) is 13.0 Å². The van der Waals surface area contributed by atoms with Gasteiger partial charge in [-0.2, -0.15) is 5.10 Å². The number of nitrogens with zero attached hydrogens (tertiary/aromatic N) is 3. The maximum atomic E-state index is 12.2. The Morgan fingerprint density at radius 1 is 1.17 bits per heavy atom. The van der Waals surface area contributed by atoms with Gasteiger partial charge in [-0.05, 0) is 11.6 Å². The van der Waals surface area contributed by atoms with Gasteiger partial charge in [0.05, 0.1) is 17.2 Å². The number of ether oxygens (including phenoxy) is 1. The molecular weight excluding hydrogens is 310 g/mol. The quantitative estimate of drug-likeness (QED) is 0.625. The van der Waals surface area contributed by atoms with Crippen LogP contribution in [0.15, 0.2) is 59.7 Å². The molecule has 7 heteroatoms. The molecule has 0 spiro atoms. The first-order chi connectivity index (χ1) is 11.6. The molecular formula is C17H15N3O4. The van der Waals surface area contributed by atoms with Gasteiger partial charge in [-0.15, -0.1) is 0 Å². The van der Waals surface area contributed by atoms with Crippen molar-refractivity contribution in [2.75, 3.05) is 13.2 Å². The van der Waals surface area contributed by atoms with Crippen molar-refractivity contribution in [2.45, 2.75) is 6.42 Å². The summed E-state index contributed by atoms with van der Waals surface area (Å²) in [5.74, 6) is -0.263. The van der Waals surface area contributed by atoms with Gasteiger partial charge in [0.2, 0.25) is 0 Å². The molecule has 24 heavy (non-hydrogen) atoms. The van der Waals surface area contributed by atoms with Gasteiger partial charge in [0.15, 0.2) is 12.4 Å². The molecule has 2 aromatic carbocycles. The highest BCUT2D eigenvalue weighted by Crippen LogP contribution is 2.25. The highest BCUT2D eigenvalue weighted by Gasteiger charge is 2.23. The summed E-state index contributed by atoms with van der Waals surface area (Å²) in [7, 11) is 0. The first-order valence-corrected chi connectivity index (χ1v) is 7.44. The number of benzene rings is 2. The topological polar surface area (TPSA) is 85.0 Å². The number of carbonyl (C=O) groups is 1. The average molecular weight is 325 g/mol. The molecule has 0 aromatic heterocycles. The monoisotopic (exact) mass is 325 g/mol. The Bertz CT molecular complexity index is 789. The van der Waals surface area contributed by atoms with E-state index >= 15 is 0 Å². The molecule has 0 aliphatic carbocycles. The maximum Gasteiger partial charge on any atom is 0.310 e. The lowest BCUT2D eigenvalue weighted by molar-refractivity contribution is -0.385. The molecule has 0 fully saturated rings. The van der Waals surface area contributed by atoms with Crippen LogP contribution < -0.4 is 4.74 Å². The first-order valence-electron chi connectivity index (χ1n) is 7.44. The van der Waals surface area contributed by atoms with E-state index in [2.05, 4.69) is 5.10 Å².